The Labute approximate surface area is 116 Å². The average molecular weight is 268 g/mol. The number of hydrogen-bond donors (Lipinski definition) is 1. The molecule has 0 aromatic carbocycles. The quantitative estimate of drug-likeness (QED) is 0.654. The molecule has 0 radical (unpaired) electrons. The minimum absolute atomic E-state index is 0.626. The average Bonchev–Trinajstić information content (AvgIpc) is 2.86. The van der Waals surface area contributed by atoms with Gasteiger partial charge in [0.2, 0.25) is 0 Å². The summed E-state index contributed by atoms with van der Waals surface area (Å²) in [5.41, 5.74) is 0. The smallest absolute Gasteiger partial charge is 0.0113 e. The Morgan fingerprint density at radius 2 is 2.17 bits per heavy atom. The highest BCUT2D eigenvalue weighted by molar-refractivity contribution is 7.09. The Kier molecular flexibility index (Phi) is 8.31. The molecule has 0 fully saturated rings. The lowest BCUT2D eigenvalue weighted by molar-refractivity contribution is 0.257. The maximum absolute atomic E-state index is 3.53. The zero-order valence-electron chi connectivity index (χ0n) is 12.1. The molecule has 0 aliphatic rings. The van der Waals surface area contributed by atoms with Gasteiger partial charge in [0.25, 0.3) is 0 Å². The van der Waals surface area contributed by atoms with Gasteiger partial charge in [0.15, 0.2) is 0 Å². The van der Waals surface area contributed by atoms with Crippen LogP contribution in [0.15, 0.2) is 17.5 Å². The van der Waals surface area contributed by atoms with Crippen LogP contribution in [0.25, 0.3) is 0 Å². The first-order valence-corrected chi connectivity index (χ1v) is 8.05. The van der Waals surface area contributed by atoms with Crippen molar-refractivity contribution < 1.29 is 0 Å². The van der Waals surface area contributed by atoms with Crippen molar-refractivity contribution in [3.63, 3.8) is 0 Å². The van der Waals surface area contributed by atoms with E-state index in [1.165, 1.54) is 37.1 Å². The van der Waals surface area contributed by atoms with Crippen LogP contribution in [-0.4, -0.2) is 37.6 Å². The molecular formula is C15H28N2S. The number of nitrogens with one attached hydrogen (secondary N) is 1. The summed E-state index contributed by atoms with van der Waals surface area (Å²) in [5.74, 6) is 0. The minimum atomic E-state index is 0.626. The van der Waals surface area contributed by atoms with E-state index in [1.54, 1.807) is 0 Å². The maximum Gasteiger partial charge on any atom is 0.0113 e. The molecule has 1 heterocycles. The van der Waals surface area contributed by atoms with E-state index in [-0.39, 0.29) is 0 Å². The van der Waals surface area contributed by atoms with Crippen molar-refractivity contribution in [2.75, 3.05) is 26.7 Å². The third kappa shape index (κ3) is 6.53. The normalized spacial score (nSPS) is 13.1. The van der Waals surface area contributed by atoms with Crippen molar-refractivity contribution >= 4 is 11.3 Å². The highest BCUT2D eigenvalue weighted by Crippen LogP contribution is 2.13. The molecule has 0 saturated heterocycles. The van der Waals surface area contributed by atoms with Gasteiger partial charge in [0, 0.05) is 24.0 Å². The summed E-state index contributed by atoms with van der Waals surface area (Å²) in [6.45, 7) is 7.98. The highest BCUT2D eigenvalue weighted by Gasteiger charge is 2.09. The highest BCUT2D eigenvalue weighted by atomic mass is 32.1. The molecular weight excluding hydrogens is 240 g/mol. The van der Waals surface area contributed by atoms with E-state index in [4.69, 9.17) is 0 Å². The molecule has 1 atom stereocenters. The second kappa shape index (κ2) is 9.54. The van der Waals surface area contributed by atoms with E-state index >= 15 is 0 Å². The molecule has 0 spiro atoms. The molecule has 0 bridgehead atoms. The predicted octanol–water partition coefficient (Wildman–Crippen LogP) is 3.39. The van der Waals surface area contributed by atoms with Gasteiger partial charge in [-0.1, -0.05) is 25.8 Å². The molecule has 104 valence electrons. The number of rotatable bonds is 10. The lowest BCUT2D eigenvalue weighted by Crippen LogP contribution is -2.36. The number of hydrogen-bond acceptors (Lipinski definition) is 3. The van der Waals surface area contributed by atoms with E-state index in [9.17, 15) is 0 Å². The van der Waals surface area contributed by atoms with Crippen LogP contribution in [0.4, 0.5) is 0 Å². The zero-order chi connectivity index (χ0) is 13.2. The Morgan fingerprint density at radius 1 is 1.33 bits per heavy atom. The monoisotopic (exact) mass is 268 g/mol. The van der Waals surface area contributed by atoms with Crippen LogP contribution in [-0.2, 0) is 6.42 Å². The third-order valence-electron chi connectivity index (χ3n) is 3.43. The summed E-state index contributed by atoms with van der Waals surface area (Å²) < 4.78 is 0. The maximum atomic E-state index is 3.53. The summed E-state index contributed by atoms with van der Waals surface area (Å²) in [4.78, 5) is 3.94. The molecule has 1 N–H and O–H groups in total. The summed E-state index contributed by atoms with van der Waals surface area (Å²) in [6, 6.07) is 5.00. The number of nitrogens with zero attached hydrogens (tertiary/aromatic N) is 1. The van der Waals surface area contributed by atoms with Crippen molar-refractivity contribution in [2.24, 2.45) is 0 Å². The van der Waals surface area contributed by atoms with Crippen molar-refractivity contribution in [2.45, 2.75) is 45.6 Å². The summed E-state index contributed by atoms with van der Waals surface area (Å²) >= 11 is 1.86. The van der Waals surface area contributed by atoms with Crippen molar-refractivity contribution in [3.05, 3.63) is 22.4 Å². The number of unbranched alkanes of at least 4 members (excludes halogenated alkanes) is 2. The van der Waals surface area contributed by atoms with Crippen LogP contribution >= 0.6 is 11.3 Å². The Morgan fingerprint density at radius 3 is 2.83 bits per heavy atom. The van der Waals surface area contributed by atoms with E-state index in [2.05, 4.69) is 48.6 Å². The third-order valence-corrected chi connectivity index (χ3v) is 4.33. The molecule has 18 heavy (non-hydrogen) atoms. The Balaban J connectivity index is 2.06. The summed E-state index contributed by atoms with van der Waals surface area (Å²) in [5, 5.41) is 5.69. The molecule has 0 aliphatic heterocycles. The minimum Gasteiger partial charge on any atom is -0.315 e. The second-order valence-electron chi connectivity index (χ2n) is 5.07. The van der Waals surface area contributed by atoms with Gasteiger partial charge in [-0.25, -0.2) is 0 Å². The number of thiophene rings is 1. The standard InChI is InChI=1S/C15H28N2S/c1-4-5-6-9-16-10-11-17(3)14(2)13-15-8-7-12-18-15/h7-8,12,14,16H,4-6,9-11,13H2,1-3H3. The zero-order valence-corrected chi connectivity index (χ0v) is 12.9. The van der Waals surface area contributed by atoms with E-state index in [0.29, 0.717) is 6.04 Å². The molecule has 1 rings (SSSR count). The lowest BCUT2D eigenvalue weighted by atomic mass is 10.2. The Bertz CT molecular complexity index is 285. The fourth-order valence-electron chi connectivity index (χ4n) is 1.98. The first-order chi connectivity index (χ1) is 8.74. The second-order valence-corrected chi connectivity index (χ2v) is 6.10. The molecule has 1 unspecified atom stereocenters. The van der Waals surface area contributed by atoms with Crippen LogP contribution in [0, 0.1) is 0 Å². The van der Waals surface area contributed by atoms with Gasteiger partial charge in [-0.05, 0) is 44.8 Å². The molecule has 3 heteroatoms. The molecule has 1 aromatic heterocycles. The van der Waals surface area contributed by atoms with Gasteiger partial charge in [-0.3, -0.25) is 0 Å². The first kappa shape index (κ1) is 15.7. The molecule has 1 aromatic rings. The fourth-order valence-corrected chi connectivity index (χ4v) is 2.80. The van der Waals surface area contributed by atoms with Crippen molar-refractivity contribution in [1.29, 1.82) is 0 Å². The Hall–Kier alpha value is -0.380. The summed E-state index contributed by atoms with van der Waals surface area (Å²) in [7, 11) is 2.23. The largest absolute Gasteiger partial charge is 0.315 e. The van der Waals surface area contributed by atoms with Crippen LogP contribution < -0.4 is 5.32 Å². The van der Waals surface area contributed by atoms with E-state index in [1.807, 2.05) is 11.3 Å². The molecule has 0 aliphatic carbocycles. The van der Waals surface area contributed by atoms with Crippen LogP contribution in [0.3, 0.4) is 0 Å². The van der Waals surface area contributed by atoms with Gasteiger partial charge < -0.3 is 10.2 Å². The van der Waals surface area contributed by atoms with Gasteiger partial charge in [0.05, 0.1) is 0 Å². The summed E-state index contributed by atoms with van der Waals surface area (Å²) in [6.07, 6.45) is 5.13. The molecule has 0 saturated carbocycles. The topological polar surface area (TPSA) is 15.3 Å². The predicted molar refractivity (Wildman–Crippen MR) is 82.5 cm³/mol. The van der Waals surface area contributed by atoms with Crippen molar-refractivity contribution in [1.82, 2.24) is 10.2 Å². The van der Waals surface area contributed by atoms with Crippen molar-refractivity contribution in [3.8, 4) is 0 Å². The van der Waals surface area contributed by atoms with Gasteiger partial charge in [0.1, 0.15) is 0 Å². The van der Waals surface area contributed by atoms with Gasteiger partial charge in [-0.2, -0.15) is 0 Å². The van der Waals surface area contributed by atoms with E-state index in [0.717, 1.165) is 13.1 Å². The first-order valence-electron chi connectivity index (χ1n) is 7.17. The fraction of sp³-hybridized carbons (Fsp3) is 0.733. The molecule has 2 nitrogen and oxygen atoms in total. The van der Waals surface area contributed by atoms with E-state index < -0.39 is 0 Å². The number of likely N-dealkylation sites (N-methyl/N-ethyl adjacent to an activating group) is 1. The van der Waals surface area contributed by atoms with Crippen LogP contribution in [0.5, 0.6) is 0 Å². The lowest BCUT2D eigenvalue weighted by Gasteiger charge is -2.24. The van der Waals surface area contributed by atoms with Gasteiger partial charge >= 0.3 is 0 Å². The van der Waals surface area contributed by atoms with Crippen LogP contribution in [0.1, 0.15) is 38.0 Å². The molecule has 0 amide bonds. The SMILES string of the molecule is CCCCCNCCN(C)C(C)Cc1cccs1. The van der Waals surface area contributed by atoms with Crippen LogP contribution in [0.2, 0.25) is 0 Å². The van der Waals surface area contributed by atoms with Gasteiger partial charge in [-0.15, -0.1) is 11.3 Å².